The molecule has 0 saturated heterocycles. The van der Waals surface area contributed by atoms with Gasteiger partial charge in [0.05, 0.1) is 10.6 Å². The first-order chi connectivity index (χ1) is 18.4. The van der Waals surface area contributed by atoms with Crippen LogP contribution >= 0.6 is 0 Å². The Bertz CT molecular complexity index is 1390. The summed E-state index contributed by atoms with van der Waals surface area (Å²) in [6.07, 6.45) is 0.339. The lowest BCUT2D eigenvalue weighted by atomic mass is 10.1. The number of carbonyl (C=O) groups is 2. The summed E-state index contributed by atoms with van der Waals surface area (Å²) < 4.78 is 42.1. The van der Waals surface area contributed by atoms with E-state index in [2.05, 4.69) is 5.32 Å². The highest BCUT2D eigenvalue weighted by Gasteiger charge is 2.33. The van der Waals surface area contributed by atoms with Gasteiger partial charge in [-0.2, -0.15) is 0 Å². The Balaban J connectivity index is 2.06. The molecule has 3 aromatic rings. The van der Waals surface area contributed by atoms with E-state index in [0.29, 0.717) is 6.42 Å². The molecular weight excluding hydrogens is 517 g/mol. The average Bonchev–Trinajstić information content (AvgIpc) is 2.87. The fourth-order valence-electron chi connectivity index (χ4n) is 4.28. The largest absolute Gasteiger partial charge is 0.352 e. The summed E-state index contributed by atoms with van der Waals surface area (Å²) >= 11 is 0. The minimum Gasteiger partial charge on any atom is -0.352 e. The Kier molecular flexibility index (Phi) is 9.86. The van der Waals surface area contributed by atoms with Gasteiger partial charge in [0.1, 0.15) is 18.4 Å². The number of hydrogen-bond donors (Lipinski definition) is 1. The van der Waals surface area contributed by atoms with Gasteiger partial charge in [0.25, 0.3) is 10.0 Å². The van der Waals surface area contributed by atoms with Crippen LogP contribution in [0.2, 0.25) is 0 Å². The number of halogens is 1. The monoisotopic (exact) mass is 553 g/mol. The Hall–Kier alpha value is -3.72. The summed E-state index contributed by atoms with van der Waals surface area (Å²) in [6, 6.07) is 17.9. The number of aryl methyl sites for hydroxylation is 2. The molecule has 3 rings (SSSR count). The fourth-order valence-corrected chi connectivity index (χ4v) is 5.70. The lowest BCUT2D eigenvalue weighted by Gasteiger charge is -2.33. The molecule has 0 unspecified atom stereocenters. The molecule has 1 N–H and O–H groups in total. The van der Waals surface area contributed by atoms with E-state index >= 15 is 0 Å². The van der Waals surface area contributed by atoms with Gasteiger partial charge in [-0.05, 0) is 76.1 Å². The molecule has 0 aliphatic rings. The van der Waals surface area contributed by atoms with Gasteiger partial charge in [-0.1, -0.05) is 54.4 Å². The third-order valence-electron chi connectivity index (χ3n) is 6.25. The molecule has 0 aromatic heterocycles. The number of carbonyl (C=O) groups excluding carboxylic acids is 2. The molecule has 0 spiro atoms. The van der Waals surface area contributed by atoms with Crippen LogP contribution in [-0.2, 0) is 26.2 Å². The van der Waals surface area contributed by atoms with Crippen LogP contribution in [0.15, 0.2) is 77.7 Å². The first kappa shape index (κ1) is 29.8. The third-order valence-corrected chi connectivity index (χ3v) is 8.04. The quantitative estimate of drug-likeness (QED) is 0.363. The molecule has 39 heavy (non-hydrogen) atoms. The van der Waals surface area contributed by atoms with Crippen molar-refractivity contribution in [1.82, 2.24) is 10.2 Å². The summed E-state index contributed by atoms with van der Waals surface area (Å²) in [5.74, 6) is -1.41. The van der Waals surface area contributed by atoms with Crippen molar-refractivity contribution in [1.29, 1.82) is 0 Å². The summed E-state index contributed by atoms with van der Waals surface area (Å²) in [5.41, 5.74) is 3.03. The molecule has 0 aliphatic heterocycles. The highest BCUT2D eigenvalue weighted by molar-refractivity contribution is 7.92. The van der Waals surface area contributed by atoms with Crippen molar-refractivity contribution >= 4 is 27.5 Å². The molecule has 0 bridgehead atoms. The first-order valence-electron chi connectivity index (χ1n) is 12.9. The fraction of sp³-hybridized carbons (Fsp3) is 0.333. The van der Waals surface area contributed by atoms with Crippen LogP contribution in [0.3, 0.4) is 0 Å². The Morgan fingerprint density at radius 2 is 1.56 bits per heavy atom. The third kappa shape index (κ3) is 7.66. The molecule has 208 valence electrons. The van der Waals surface area contributed by atoms with Gasteiger partial charge < -0.3 is 10.2 Å². The van der Waals surface area contributed by atoms with Crippen LogP contribution in [0.25, 0.3) is 0 Å². The van der Waals surface area contributed by atoms with Gasteiger partial charge in [0, 0.05) is 12.6 Å². The van der Waals surface area contributed by atoms with Crippen molar-refractivity contribution in [3.8, 4) is 0 Å². The number of benzene rings is 3. The van der Waals surface area contributed by atoms with E-state index < -0.39 is 34.3 Å². The van der Waals surface area contributed by atoms with E-state index in [4.69, 9.17) is 0 Å². The zero-order valence-electron chi connectivity index (χ0n) is 23.0. The number of rotatable bonds is 11. The molecule has 0 fully saturated rings. The predicted octanol–water partition coefficient (Wildman–Crippen LogP) is 4.97. The Labute approximate surface area is 230 Å². The number of anilines is 1. The smallest absolute Gasteiger partial charge is 0.264 e. The first-order valence-corrected chi connectivity index (χ1v) is 14.4. The second kappa shape index (κ2) is 12.9. The summed E-state index contributed by atoms with van der Waals surface area (Å²) in [4.78, 5) is 28.4. The van der Waals surface area contributed by atoms with Gasteiger partial charge in [-0.25, -0.2) is 12.8 Å². The van der Waals surface area contributed by atoms with E-state index in [1.165, 1.54) is 17.0 Å². The standard InChI is InChI=1S/C30H36FN3O4S/c1-6-28(30(36)32-21(2)3)33(19-24-9-7-8-23(5)18-24)29(35)20-34(26-14-10-22(4)11-15-26)39(37,38)27-16-12-25(31)13-17-27/h7-18,21,28H,6,19-20H2,1-5H3,(H,32,36)/t28-/m0/s1. The average molecular weight is 554 g/mol. The van der Waals surface area contributed by atoms with Crippen molar-refractivity contribution in [3.63, 3.8) is 0 Å². The van der Waals surface area contributed by atoms with Crippen LogP contribution in [-0.4, -0.2) is 43.8 Å². The molecule has 0 aliphatic carbocycles. The second-order valence-corrected chi connectivity index (χ2v) is 11.8. The van der Waals surface area contributed by atoms with Crippen molar-refractivity contribution in [2.45, 2.75) is 64.6 Å². The highest BCUT2D eigenvalue weighted by Crippen LogP contribution is 2.25. The number of amides is 2. The minimum atomic E-state index is -4.24. The lowest BCUT2D eigenvalue weighted by Crippen LogP contribution is -2.53. The molecule has 0 saturated carbocycles. The highest BCUT2D eigenvalue weighted by atomic mass is 32.2. The van der Waals surface area contributed by atoms with Crippen molar-refractivity contribution in [3.05, 3.63) is 95.3 Å². The van der Waals surface area contributed by atoms with E-state index in [9.17, 15) is 22.4 Å². The van der Waals surface area contributed by atoms with Gasteiger partial charge in [-0.15, -0.1) is 0 Å². The van der Waals surface area contributed by atoms with Crippen molar-refractivity contribution < 1.29 is 22.4 Å². The zero-order chi connectivity index (χ0) is 28.7. The molecule has 9 heteroatoms. The van der Waals surface area contributed by atoms with Crippen molar-refractivity contribution in [2.24, 2.45) is 0 Å². The Morgan fingerprint density at radius 3 is 2.13 bits per heavy atom. The van der Waals surface area contributed by atoms with Crippen LogP contribution in [0, 0.1) is 19.7 Å². The van der Waals surface area contributed by atoms with Crippen LogP contribution in [0.1, 0.15) is 43.9 Å². The zero-order valence-corrected chi connectivity index (χ0v) is 23.8. The van der Waals surface area contributed by atoms with E-state index in [1.54, 1.807) is 24.3 Å². The molecule has 0 heterocycles. The number of hydrogen-bond acceptors (Lipinski definition) is 4. The summed E-state index contributed by atoms with van der Waals surface area (Å²) in [6.45, 7) is 8.89. The van der Waals surface area contributed by atoms with Crippen LogP contribution in [0.5, 0.6) is 0 Å². The van der Waals surface area contributed by atoms with Gasteiger partial charge in [0.15, 0.2) is 0 Å². The SMILES string of the molecule is CC[C@@H](C(=O)NC(C)C)N(Cc1cccc(C)c1)C(=O)CN(c1ccc(C)cc1)S(=O)(=O)c1ccc(F)cc1. The maximum absolute atomic E-state index is 14.0. The Morgan fingerprint density at radius 1 is 0.923 bits per heavy atom. The van der Waals surface area contributed by atoms with Gasteiger partial charge >= 0.3 is 0 Å². The number of sulfonamides is 1. The van der Waals surface area contributed by atoms with E-state index in [1.807, 2.05) is 58.9 Å². The molecule has 3 aromatic carbocycles. The molecule has 1 atom stereocenters. The normalized spacial score (nSPS) is 12.2. The molecular formula is C30H36FN3O4S. The van der Waals surface area contributed by atoms with Crippen LogP contribution < -0.4 is 9.62 Å². The molecule has 0 radical (unpaired) electrons. The molecule has 2 amide bonds. The van der Waals surface area contributed by atoms with Crippen molar-refractivity contribution in [2.75, 3.05) is 10.8 Å². The van der Waals surface area contributed by atoms with Gasteiger partial charge in [0.2, 0.25) is 11.8 Å². The number of nitrogens with one attached hydrogen (secondary N) is 1. The van der Waals surface area contributed by atoms with Gasteiger partial charge in [-0.3, -0.25) is 13.9 Å². The summed E-state index contributed by atoms with van der Waals surface area (Å²) in [5, 5.41) is 2.88. The minimum absolute atomic E-state index is 0.128. The lowest BCUT2D eigenvalue weighted by molar-refractivity contribution is -0.140. The van der Waals surface area contributed by atoms with E-state index in [0.717, 1.165) is 33.1 Å². The predicted molar refractivity (Wildman–Crippen MR) is 151 cm³/mol. The second-order valence-electron chi connectivity index (χ2n) is 9.90. The van der Waals surface area contributed by atoms with E-state index in [-0.39, 0.29) is 29.1 Å². The molecule has 7 nitrogen and oxygen atoms in total. The van der Waals surface area contributed by atoms with Crippen LogP contribution in [0.4, 0.5) is 10.1 Å². The number of nitrogens with zero attached hydrogens (tertiary/aromatic N) is 2. The maximum Gasteiger partial charge on any atom is 0.264 e. The summed E-state index contributed by atoms with van der Waals surface area (Å²) in [7, 11) is -4.24. The maximum atomic E-state index is 14.0. The topological polar surface area (TPSA) is 86.8 Å².